The van der Waals surface area contributed by atoms with E-state index in [1.54, 1.807) is 30.4 Å². The molecular formula is C17H21N3O2. The topological polar surface area (TPSA) is 56.1 Å². The molecule has 0 saturated heterocycles. The number of methoxy groups -OCH3 is 1. The molecule has 1 aliphatic rings. The molecule has 2 aromatic rings. The predicted molar refractivity (Wildman–Crippen MR) is 83.9 cm³/mol. The lowest BCUT2D eigenvalue weighted by Gasteiger charge is -2.21. The number of carbonyl (C=O) groups is 1. The molecule has 1 N–H and O–H groups in total. The minimum absolute atomic E-state index is 0.0131. The zero-order valence-electron chi connectivity index (χ0n) is 13.0. The molecule has 0 bridgehead atoms. The van der Waals surface area contributed by atoms with E-state index in [2.05, 4.69) is 16.4 Å². The van der Waals surface area contributed by atoms with Crippen molar-refractivity contribution in [1.82, 2.24) is 14.9 Å². The fourth-order valence-electron chi connectivity index (χ4n) is 2.81. The van der Waals surface area contributed by atoms with Crippen molar-refractivity contribution in [2.24, 2.45) is 0 Å². The summed E-state index contributed by atoms with van der Waals surface area (Å²) in [5.74, 6) is 0.913. The highest BCUT2D eigenvalue weighted by molar-refractivity contribution is 5.80. The quantitative estimate of drug-likeness (QED) is 0.890. The first-order chi connectivity index (χ1) is 10.7. The van der Waals surface area contributed by atoms with Gasteiger partial charge in [-0.3, -0.25) is 4.79 Å². The van der Waals surface area contributed by atoms with E-state index in [4.69, 9.17) is 4.74 Å². The van der Waals surface area contributed by atoms with Crippen LogP contribution in [0, 0.1) is 0 Å². The van der Waals surface area contributed by atoms with Crippen molar-refractivity contribution in [2.75, 3.05) is 13.7 Å². The average molecular weight is 299 g/mol. The van der Waals surface area contributed by atoms with Crippen molar-refractivity contribution < 1.29 is 9.53 Å². The molecule has 1 saturated carbocycles. The normalized spacial score (nSPS) is 16.8. The molecule has 1 atom stereocenters. The molecule has 0 spiro atoms. The Morgan fingerprint density at radius 1 is 1.45 bits per heavy atom. The zero-order valence-corrected chi connectivity index (χ0v) is 13.0. The number of imidazole rings is 1. The molecule has 0 aliphatic heterocycles. The van der Waals surface area contributed by atoms with E-state index in [0.29, 0.717) is 6.54 Å². The molecule has 1 fully saturated rings. The Kier molecular flexibility index (Phi) is 3.88. The van der Waals surface area contributed by atoms with E-state index in [0.717, 1.165) is 18.6 Å². The summed E-state index contributed by atoms with van der Waals surface area (Å²) < 4.78 is 7.26. The number of ether oxygens (including phenoxy) is 1. The largest absolute Gasteiger partial charge is 0.496 e. The van der Waals surface area contributed by atoms with Gasteiger partial charge < -0.3 is 14.6 Å². The monoisotopic (exact) mass is 299 g/mol. The first kappa shape index (κ1) is 14.6. The van der Waals surface area contributed by atoms with E-state index in [-0.39, 0.29) is 17.4 Å². The summed E-state index contributed by atoms with van der Waals surface area (Å²) in [6.07, 6.45) is 7.30. The summed E-state index contributed by atoms with van der Waals surface area (Å²) in [6, 6.07) is 7.81. The Morgan fingerprint density at radius 3 is 2.86 bits per heavy atom. The van der Waals surface area contributed by atoms with Crippen molar-refractivity contribution in [3.63, 3.8) is 0 Å². The highest BCUT2D eigenvalue weighted by atomic mass is 16.5. The van der Waals surface area contributed by atoms with Gasteiger partial charge in [0.2, 0.25) is 5.91 Å². The van der Waals surface area contributed by atoms with E-state index < -0.39 is 0 Å². The predicted octanol–water partition coefficient (Wildman–Crippen LogP) is 2.30. The van der Waals surface area contributed by atoms with Crippen LogP contribution in [0.3, 0.4) is 0 Å². The number of hydrogen-bond donors (Lipinski definition) is 1. The standard InChI is InChI=1S/C17H21N3O2/c1-13(20-10-9-18-12-20)16(21)19-11-17(7-8-17)14-5-3-4-6-15(14)22-2/h3-6,9-10,12-13H,7-8,11H2,1-2H3,(H,19,21)/t13-/m0/s1. The molecule has 22 heavy (non-hydrogen) atoms. The van der Waals surface area contributed by atoms with Gasteiger partial charge in [0.1, 0.15) is 11.8 Å². The van der Waals surface area contributed by atoms with Gasteiger partial charge in [0.15, 0.2) is 0 Å². The number of nitrogens with one attached hydrogen (secondary N) is 1. The lowest BCUT2D eigenvalue weighted by atomic mass is 9.94. The van der Waals surface area contributed by atoms with Crippen LogP contribution in [-0.4, -0.2) is 29.1 Å². The zero-order chi connectivity index (χ0) is 15.6. The van der Waals surface area contributed by atoms with Crippen LogP contribution in [0.5, 0.6) is 5.75 Å². The summed E-state index contributed by atoms with van der Waals surface area (Å²) in [6.45, 7) is 2.52. The molecule has 1 aromatic carbocycles. The highest BCUT2D eigenvalue weighted by Crippen LogP contribution is 2.50. The van der Waals surface area contributed by atoms with Gasteiger partial charge in [-0.1, -0.05) is 18.2 Å². The molecule has 116 valence electrons. The Morgan fingerprint density at radius 2 is 2.23 bits per heavy atom. The Balaban J connectivity index is 1.67. The summed E-state index contributed by atoms with van der Waals surface area (Å²) in [5.41, 5.74) is 1.21. The fourth-order valence-corrected chi connectivity index (χ4v) is 2.81. The third-order valence-corrected chi connectivity index (χ3v) is 4.48. The molecule has 5 nitrogen and oxygen atoms in total. The van der Waals surface area contributed by atoms with E-state index in [9.17, 15) is 4.79 Å². The summed E-state index contributed by atoms with van der Waals surface area (Å²) in [7, 11) is 1.69. The second-order valence-electron chi connectivity index (χ2n) is 5.88. The van der Waals surface area contributed by atoms with Gasteiger partial charge in [-0.05, 0) is 25.8 Å². The van der Waals surface area contributed by atoms with Crippen LogP contribution in [0.2, 0.25) is 0 Å². The number of aromatic nitrogens is 2. The van der Waals surface area contributed by atoms with E-state index in [1.807, 2.05) is 25.1 Å². The van der Waals surface area contributed by atoms with Gasteiger partial charge >= 0.3 is 0 Å². The van der Waals surface area contributed by atoms with Crippen molar-refractivity contribution >= 4 is 5.91 Å². The van der Waals surface area contributed by atoms with Gasteiger partial charge in [0.25, 0.3) is 0 Å². The molecular weight excluding hydrogens is 278 g/mol. The van der Waals surface area contributed by atoms with Crippen LogP contribution in [0.25, 0.3) is 0 Å². The molecule has 1 heterocycles. The number of para-hydroxylation sites is 1. The van der Waals surface area contributed by atoms with Crippen molar-refractivity contribution in [1.29, 1.82) is 0 Å². The number of benzene rings is 1. The van der Waals surface area contributed by atoms with Crippen molar-refractivity contribution in [2.45, 2.75) is 31.2 Å². The second-order valence-corrected chi connectivity index (χ2v) is 5.88. The number of rotatable bonds is 6. The van der Waals surface area contributed by atoms with Crippen LogP contribution < -0.4 is 10.1 Å². The van der Waals surface area contributed by atoms with Gasteiger partial charge in [0, 0.05) is 29.9 Å². The van der Waals surface area contributed by atoms with Gasteiger partial charge in [-0.15, -0.1) is 0 Å². The number of carbonyl (C=O) groups excluding carboxylic acids is 1. The lowest BCUT2D eigenvalue weighted by Crippen LogP contribution is -2.36. The third-order valence-electron chi connectivity index (χ3n) is 4.48. The summed E-state index contributed by atoms with van der Waals surface area (Å²) >= 11 is 0. The number of hydrogen-bond acceptors (Lipinski definition) is 3. The van der Waals surface area contributed by atoms with Crippen LogP contribution in [0.4, 0.5) is 0 Å². The molecule has 1 amide bonds. The van der Waals surface area contributed by atoms with Gasteiger partial charge in [0.05, 0.1) is 13.4 Å². The third kappa shape index (κ3) is 2.71. The van der Waals surface area contributed by atoms with Crippen molar-refractivity contribution in [3.8, 4) is 5.75 Å². The van der Waals surface area contributed by atoms with Crippen LogP contribution in [0.15, 0.2) is 43.0 Å². The first-order valence-corrected chi connectivity index (χ1v) is 7.55. The fraction of sp³-hybridized carbons (Fsp3) is 0.412. The summed E-state index contributed by atoms with van der Waals surface area (Å²) in [5, 5.41) is 3.08. The Hall–Kier alpha value is -2.30. The molecule has 5 heteroatoms. The highest BCUT2D eigenvalue weighted by Gasteiger charge is 2.46. The molecule has 3 rings (SSSR count). The maximum Gasteiger partial charge on any atom is 0.242 e. The van der Waals surface area contributed by atoms with Crippen LogP contribution in [-0.2, 0) is 10.2 Å². The molecule has 1 aromatic heterocycles. The number of nitrogens with zero attached hydrogens (tertiary/aromatic N) is 2. The van der Waals surface area contributed by atoms with Crippen molar-refractivity contribution in [3.05, 3.63) is 48.5 Å². The van der Waals surface area contributed by atoms with Crippen LogP contribution >= 0.6 is 0 Å². The smallest absolute Gasteiger partial charge is 0.242 e. The average Bonchev–Trinajstić information content (AvgIpc) is 3.15. The second kappa shape index (κ2) is 5.83. The number of amides is 1. The Labute approximate surface area is 130 Å². The molecule has 0 unspecified atom stereocenters. The van der Waals surface area contributed by atoms with Crippen LogP contribution in [0.1, 0.15) is 31.4 Å². The SMILES string of the molecule is COc1ccccc1C1(CNC(=O)[C@H](C)n2ccnc2)CC1. The van der Waals surface area contributed by atoms with E-state index in [1.165, 1.54) is 5.56 Å². The lowest BCUT2D eigenvalue weighted by molar-refractivity contribution is -0.124. The summed E-state index contributed by atoms with van der Waals surface area (Å²) in [4.78, 5) is 16.3. The van der Waals surface area contributed by atoms with E-state index >= 15 is 0 Å². The first-order valence-electron chi connectivity index (χ1n) is 7.55. The molecule has 1 aliphatic carbocycles. The Bertz CT molecular complexity index is 648. The van der Waals surface area contributed by atoms with Gasteiger partial charge in [-0.2, -0.15) is 0 Å². The minimum atomic E-state index is -0.254. The minimum Gasteiger partial charge on any atom is -0.496 e. The maximum atomic E-state index is 12.3. The molecule has 0 radical (unpaired) electrons. The maximum absolute atomic E-state index is 12.3. The van der Waals surface area contributed by atoms with Gasteiger partial charge in [-0.25, -0.2) is 4.98 Å².